The predicted octanol–water partition coefficient (Wildman–Crippen LogP) is 2.56. The van der Waals surface area contributed by atoms with E-state index in [9.17, 15) is 14.7 Å². The normalized spacial score (nSPS) is 22.6. The molecule has 0 aliphatic heterocycles. The molecular weight excluding hydrogens is 280 g/mol. The van der Waals surface area contributed by atoms with Gasteiger partial charge in [-0.2, -0.15) is 0 Å². The summed E-state index contributed by atoms with van der Waals surface area (Å²) in [6.45, 7) is 2.13. The van der Waals surface area contributed by atoms with Crippen molar-refractivity contribution < 1.29 is 14.7 Å². The average Bonchev–Trinajstić information content (AvgIpc) is 2.50. The largest absolute Gasteiger partial charge is 0.480 e. The third-order valence-electron chi connectivity index (χ3n) is 4.31. The average molecular weight is 304 g/mol. The number of carbonyl (C=O) groups is 2. The van der Waals surface area contributed by atoms with Crippen LogP contribution in [0.2, 0.25) is 0 Å². The van der Waals surface area contributed by atoms with Gasteiger partial charge in [0.25, 0.3) is 0 Å². The van der Waals surface area contributed by atoms with Gasteiger partial charge in [0.15, 0.2) is 0 Å². The summed E-state index contributed by atoms with van der Waals surface area (Å²) < 4.78 is 0. The minimum absolute atomic E-state index is 0.139. The number of benzene rings is 1. The van der Waals surface area contributed by atoms with Gasteiger partial charge >= 0.3 is 12.0 Å². The summed E-state index contributed by atoms with van der Waals surface area (Å²) in [7, 11) is 0. The van der Waals surface area contributed by atoms with E-state index in [0.29, 0.717) is 5.92 Å². The van der Waals surface area contributed by atoms with E-state index in [2.05, 4.69) is 17.6 Å². The third-order valence-corrected chi connectivity index (χ3v) is 4.31. The third kappa shape index (κ3) is 4.76. The SMILES string of the molecule is C[C@@H]1CCCC[C@H]1NC(=O)N[C@@H](Cc1ccccc1)C(=O)O. The molecule has 0 heterocycles. The van der Waals surface area contributed by atoms with Crippen molar-refractivity contribution in [3.8, 4) is 0 Å². The Morgan fingerprint density at radius 3 is 2.55 bits per heavy atom. The summed E-state index contributed by atoms with van der Waals surface area (Å²) in [5.74, 6) is -0.576. The van der Waals surface area contributed by atoms with Crippen LogP contribution in [0.15, 0.2) is 30.3 Å². The zero-order chi connectivity index (χ0) is 15.9. The van der Waals surface area contributed by atoms with Crippen molar-refractivity contribution in [2.24, 2.45) is 5.92 Å². The van der Waals surface area contributed by atoms with Gasteiger partial charge in [-0.1, -0.05) is 50.1 Å². The van der Waals surface area contributed by atoms with E-state index >= 15 is 0 Å². The molecule has 1 saturated carbocycles. The molecule has 5 heteroatoms. The molecule has 120 valence electrons. The van der Waals surface area contributed by atoms with Crippen LogP contribution in [0.4, 0.5) is 4.79 Å². The molecule has 1 aliphatic rings. The van der Waals surface area contributed by atoms with Gasteiger partial charge in [0.1, 0.15) is 6.04 Å². The summed E-state index contributed by atoms with van der Waals surface area (Å²) >= 11 is 0. The molecule has 0 radical (unpaired) electrons. The highest BCUT2D eigenvalue weighted by molar-refractivity contribution is 5.82. The molecule has 0 aromatic heterocycles. The fraction of sp³-hybridized carbons (Fsp3) is 0.529. The van der Waals surface area contributed by atoms with Crippen LogP contribution < -0.4 is 10.6 Å². The Kier molecular flexibility index (Phi) is 5.81. The van der Waals surface area contributed by atoms with Crippen molar-refractivity contribution >= 4 is 12.0 Å². The predicted molar refractivity (Wildman–Crippen MR) is 84.7 cm³/mol. The maximum atomic E-state index is 12.1. The summed E-state index contributed by atoms with van der Waals surface area (Å²) in [5.41, 5.74) is 0.890. The Labute approximate surface area is 131 Å². The van der Waals surface area contributed by atoms with E-state index in [0.717, 1.165) is 24.8 Å². The zero-order valence-electron chi connectivity index (χ0n) is 12.9. The molecule has 22 heavy (non-hydrogen) atoms. The molecule has 2 amide bonds. The van der Waals surface area contributed by atoms with Crippen LogP contribution in [-0.4, -0.2) is 29.2 Å². The van der Waals surface area contributed by atoms with E-state index in [1.54, 1.807) is 0 Å². The lowest BCUT2D eigenvalue weighted by Crippen LogP contribution is -2.51. The standard InChI is InChI=1S/C17H24N2O3/c1-12-7-5-6-10-14(12)18-17(22)19-15(16(20)21)11-13-8-3-2-4-9-13/h2-4,8-9,12,14-15H,5-7,10-11H2,1H3,(H,20,21)(H2,18,19,22)/t12-,14-,15+/m1/s1. The molecule has 3 N–H and O–H groups in total. The van der Waals surface area contributed by atoms with Gasteiger partial charge in [-0.15, -0.1) is 0 Å². The summed E-state index contributed by atoms with van der Waals surface area (Å²) in [5, 5.41) is 14.8. The molecule has 1 aromatic rings. The van der Waals surface area contributed by atoms with Gasteiger partial charge in [0.05, 0.1) is 0 Å². The molecule has 1 fully saturated rings. The Morgan fingerprint density at radius 2 is 1.91 bits per heavy atom. The number of amides is 2. The van der Waals surface area contributed by atoms with Crippen LogP contribution in [0.5, 0.6) is 0 Å². The fourth-order valence-corrected chi connectivity index (χ4v) is 2.95. The number of hydrogen-bond donors (Lipinski definition) is 3. The van der Waals surface area contributed by atoms with Crippen LogP contribution >= 0.6 is 0 Å². The number of urea groups is 1. The van der Waals surface area contributed by atoms with Gasteiger partial charge in [0.2, 0.25) is 0 Å². The summed E-state index contributed by atoms with van der Waals surface area (Å²) in [6, 6.07) is 8.15. The van der Waals surface area contributed by atoms with Crippen LogP contribution in [0.1, 0.15) is 38.2 Å². The number of carboxylic acid groups (broad SMARTS) is 1. The Balaban J connectivity index is 1.90. The molecule has 0 bridgehead atoms. The van der Waals surface area contributed by atoms with Gasteiger partial charge in [-0.05, 0) is 24.3 Å². The second-order valence-corrected chi connectivity index (χ2v) is 6.07. The van der Waals surface area contributed by atoms with Crippen LogP contribution in [0.25, 0.3) is 0 Å². The molecule has 2 rings (SSSR count). The fourth-order valence-electron chi connectivity index (χ4n) is 2.95. The van der Waals surface area contributed by atoms with Gasteiger partial charge in [-0.25, -0.2) is 9.59 Å². The van der Waals surface area contributed by atoms with E-state index in [1.807, 2.05) is 30.3 Å². The lowest BCUT2D eigenvalue weighted by atomic mass is 9.86. The number of hydrogen-bond acceptors (Lipinski definition) is 2. The second-order valence-electron chi connectivity index (χ2n) is 6.07. The van der Waals surface area contributed by atoms with Crippen molar-refractivity contribution in [3.05, 3.63) is 35.9 Å². The second kappa shape index (κ2) is 7.82. The molecule has 0 spiro atoms. The van der Waals surface area contributed by atoms with Crippen molar-refractivity contribution in [3.63, 3.8) is 0 Å². The van der Waals surface area contributed by atoms with E-state index in [-0.39, 0.29) is 18.5 Å². The lowest BCUT2D eigenvalue weighted by molar-refractivity contribution is -0.139. The van der Waals surface area contributed by atoms with Crippen molar-refractivity contribution in [1.82, 2.24) is 10.6 Å². The molecule has 1 aromatic carbocycles. The van der Waals surface area contributed by atoms with Gasteiger partial charge < -0.3 is 15.7 Å². The first-order valence-electron chi connectivity index (χ1n) is 7.90. The Bertz CT molecular complexity index is 504. The van der Waals surface area contributed by atoms with Crippen LogP contribution in [0.3, 0.4) is 0 Å². The molecule has 1 aliphatic carbocycles. The Morgan fingerprint density at radius 1 is 1.23 bits per heavy atom. The van der Waals surface area contributed by atoms with E-state index < -0.39 is 12.0 Å². The van der Waals surface area contributed by atoms with Gasteiger partial charge in [0, 0.05) is 12.5 Å². The smallest absolute Gasteiger partial charge is 0.326 e. The van der Waals surface area contributed by atoms with Crippen molar-refractivity contribution in [1.29, 1.82) is 0 Å². The van der Waals surface area contributed by atoms with E-state index in [4.69, 9.17) is 0 Å². The molecule has 3 atom stereocenters. The number of carbonyl (C=O) groups excluding carboxylic acids is 1. The first-order chi connectivity index (χ1) is 10.6. The van der Waals surface area contributed by atoms with Crippen LogP contribution in [-0.2, 0) is 11.2 Å². The zero-order valence-corrected chi connectivity index (χ0v) is 12.9. The number of aliphatic carboxylic acids is 1. The number of rotatable bonds is 5. The minimum Gasteiger partial charge on any atom is -0.480 e. The molecule has 5 nitrogen and oxygen atoms in total. The van der Waals surface area contributed by atoms with Crippen LogP contribution in [0, 0.1) is 5.92 Å². The molecule has 0 saturated heterocycles. The molecular formula is C17H24N2O3. The highest BCUT2D eigenvalue weighted by atomic mass is 16.4. The first-order valence-corrected chi connectivity index (χ1v) is 7.90. The highest BCUT2D eigenvalue weighted by Gasteiger charge is 2.25. The lowest BCUT2D eigenvalue weighted by Gasteiger charge is -2.30. The highest BCUT2D eigenvalue weighted by Crippen LogP contribution is 2.23. The topological polar surface area (TPSA) is 78.4 Å². The Hall–Kier alpha value is -2.04. The minimum atomic E-state index is -1.02. The van der Waals surface area contributed by atoms with Crippen molar-refractivity contribution in [2.75, 3.05) is 0 Å². The van der Waals surface area contributed by atoms with Gasteiger partial charge in [-0.3, -0.25) is 0 Å². The molecule has 0 unspecified atom stereocenters. The quantitative estimate of drug-likeness (QED) is 0.782. The number of nitrogens with one attached hydrogen (secondary N) is 2. The maximum Gasteiger partial charge on any atom is 0.326 e. The van der Waals surface area contributed by atoms with Crippen molar-refractivity contribution in [2.45, 2.75) is 51.1 Å². The monoisotopic (exact) mass is 304 g/mol. The maximum absolute atomic E-state index is 12.1. The van der Waals surface area contributed by atoms with E-state index in [1.165, 1.54) is 6.42 Å². The summed E-state index contributed by atoms with van der Waals surface area (Å²) in [4.78, 5) is 23.4. The summed E-state index contributed by atoms with van der Waals surface area (Å²) in [6.07, 6.45) is 4.67. The first kappa shape index (κ1) is 16.3. The number of carboxylic acids is 1.